The summed E-state index contributed by atoms with van der Waals surface area (Å²) in [7, 11) is 1.75. The van der Waals surface area contributed by atoms with Crippen LogP contribution in [0.2, 0.25) is 0 Å². The average Bonchev–Trinajstić information content (AvgIpc) is 2.99. The van der Waals surface area contributed by atoms with Crippen molar-refractivity contribution in [3.05, 3.63) is 65.5 Å². The zero-order valence-corrected chi connectivity index (χ0v) is 14.9. The second-order valence-corrected chi connectivity index (χ2v) is 7.58. The number of benzene rings is 2. The van der Waals surface area contributed by atoms with Gasteiger partial charge in [-0.05, 0) is 22.1 Å². The highest BCUT2D eigenvalue weighted by Crippen LogP contribution is 2.44. The van der Waals surface area contributed by atoms with Crippen LogP contribution in [-0.4, -0.2) is 7.11 Å². The van der Waals surface area contributed by atoms with Gasteiger partial charge in [0.05, 0.1) is 12.0 Å². The number of hydrogen-bond donors (Lipinski definition) is 0. The molecule has 3 rings (SSSR count). The second-order valence-electron chi connectivity index (χ2n) is 6.71. The van der Waals surface area contributed by atoms with Gasteiger partial charge in [-0.2, -0.15) is 0 Å². The Balaban J connectivity index is 2.03. The standard InChI is InChI=1S/C21H22OS/c1-21(2,3)17-12-10-16(11-13-17)20-19(22-4)18(14-23-20)15-8-6-5-7-9-15/h5-14H,1-4H3. The summed E-state index contributed by atoms with van der Waals surface area (Å²) in [5.41, 5.74) is 5.08. The van der Waals surface area contributed by atoms with E-state index in [1.165, 1.54) is 21.6 Å². The van der Waals surface area contributed by atoms with Crippen LogP contribution in [0.3, 0.4) is 0 Å². The van der Waals surface area contributed by atoms with Gasteiger partial charge in [-0.25, -0.2) is 0 Å². The number of thiophene rings is 1. The van der Waals surface area contributed by atoms with Crippen molar-refractivity contribution in [2.75, 3.05) is 7.11 Å². The lowest BCUT2D eigenvalue weighted by Gasteiger charge is -2.19. The van der Waals surface area contributed by atoms with Gasteiger partial charge in [0, 0.05) is 10.9 Å². The van der Waals surface area contributed by atoms with Crippen molar-refractivity contribution in [1.82, 2.24) is 0 Å². The van der Waals surface area contributed by atoms with Crippen molar-refractivity contribution >= 4 is 11.3 Å². The normalized spacial score (nSPS) is 11.5. The Hall–Kier alpha value is -2.06. The van der Waals surface area contributed by atoms with Crippen LogP contribution in [0.1, 0.15) is 26.3 Å². The molecule has 0 unspecified atom stereocenters. The molecule has 0 amide bonds. The van der Waals surface area contributed by atoms with Crippen LogP contribution < -0.4 is 4.74 Å². The molecular weight excluding hydrogens is 300 g/mol. The molecule has 2 heteroatoms. The van der Waals surface area contributed by atoms with Gasteiger partial charge >= 0.3 is 0 Å². The Morgan fingerprint density at radius 1 is 0.826 bits per heavy atom. The fourth-order valence-corrected chi connectivity index (χ4v) is 3.74. The molecule has 0 saturated carbocycles. The Morgan fingerprint density at radius 3 is 2.04 bits per heavy atom. The van der Waals surface area contributed by atoms with E-state index in [0.29, 0.717) is 0 Å². The van der Waals surface area contributed by atoms with E-state index < -0.39 is 0 Å². The van der Waals surface area contributed by atoms with Crippen molar-refractivity contribution in [2.45, 2.75) is 26.2 Å². The van der Waals surface area contributed by atoms with Gasteiger partial charge in [-0.1, -0.05) is 75.4 Å². The lowest BCUT2D eigenvalue weighted by molar-refractivity contribution is 0.419. The molecule has 118 valence electrons. The molecule has 0 bridgehead atoms. The Kier molecular flexibility index (Phi) is 4.27. The van der Waals surface area contributed by atoms with Crippen LogP contribution in [0.25, 0.3) is 21.6 Å². The molecule has 3 aromatic rings. The summed E-state index contributed by atoms with van der Waals surface area (Å²) in [5.74, 6) is 0.963. The van der Waals surface area contributed by atoms with E-state index in [-0.39, 0.29) is 5.41 Å². The number of rotatable bonds is 3. The first kappa shape index (κ1) is 15.8. The second kappa shape index (κ2) is 6.21. The first-order chi connectivity index (χ1) is 11.0. The summed E-state index contributed by atoms with van der Waals surface area (Å²) in [6, 6.07) is 19.2. The highest BCUT2D eigenvalue weighted by atomic mass is 32.1. The third-order valence-electron chi connectivity index (χ3n) is 4.05. The lowest BCUT2D eigenvalue weighted by Crippen LogP contribution is -2.10. The molecule has 1 aromatic heterocycles. The summed E-state index contributed by atoms with van der Waals surface area (Å²) in [5, 5.41) is 2.18. The van der Waals surface area contributed by atoms with Gasteiger partial charge in [0.25, 0.3) is 0 Å². The van der Waals surface area contributed by atoms with E-state index in [2.05, 4.69) is 74.7 Å². The van der Waals surface area contributed by atoms with Gasteiger partial charge in [0.1, 0.15) is 5.75 Å². The predicted octanol–water partition coefficient (Wildman–Crippen LogP) is 6.39. The molecule has 2 aromatic carbocycles. The minimum Gasteiger partial charge on any atom is -0.495 e. The van der Waals surface area contributed by atoms with Crippen LogP contribution in [0, 0.1) is 0 Å². The average molecular weight is 322 g/mol. The first-order valence-electron chi connectivity index (χ1n) is 7.82. The maximum Gasteiger partial charge on any atom is 0.145 e. The molecule has 0 saturated heterocycles. The zero-order valence-electron chi connectivity index (χ0n) is 14.1. The fourth-order valence-electron chi connectivity index (χ4n) is 2.69. The SMILES string of the molecule is COc1c(-c2ccccc2)csc1-c1ccc(C(C)(C)C)cc1. The molecule has 0 aliphatic heterocycles. The largest absolute Gasteiger partial charge is 0.495 e. The van der Waals surface area contributed by atoms with E-state index >= 15 is 0 Å². The zero-order chi connectivity index (χ0) is 16.4. The van der Waals surface area contributed by atoms with Crippen LogP contribution in [-0.2, 0) is 5.41 Å². The highest BCUT2D eigenvalue weighted by molar-refractivity contribution is 7.14. The van der Waals surface area contributed by atoms with E-state index in [0.717, 1.165) is 11.3 Å². The van der Waals surface area contributed by atoms with Crippen LogP contribution >= 0.6 is 11.3 Å². The maximum atomic E-state index is 5.73. The van der Waals surface area contributed by atoms with Crippen LogP contribution in [0.5, 0.6) is 5.75 Å². The molecule has 0 aliphatic rings. The summed E-state index contributed by atoms with van der Waals surface area (Å²) < 4.78 is 5.73. The van der Waals surface area contributed by atoms with Gasteiger partial charge < -0.3 is 4.74 Å². The van der Waals surface area contributed by atoms with E-state index in [4.69, 9.17) is 4.74 Å². The monoisotopic (exact) mass is 322 g/mol. The summed E-state index contributed by atoms with van der Waals surface area (Å²) >= 11 is 1.74. The van der Waals surface area contributed by atoms with Crippen molar-refractivity contribution < 1.29 is 4.74 Å². The third kappa shape index (κ3) is 3.18. The fraction of sp³-hybridized carbons (Fsp3) is 0.238. The molecular formula is C21H22OS. The Bertz CT molecular complexity index is 777. The maximum absolute atomic E-state index is 5.73. The molecule has 0 atom stereocenters. The van der Waals surface area contributed by atoms with Crippen LogP contribution in [0.4, 0.5) is 0 Å². The summed E-state index contributed by atoms with van der Waals surface area (Å²) in [6.07, 6.45) is 0. The lowest BCUT2D eigenvalue weighted by atomic mass is 9.86. The summed E-state index contributed by atoms with van der Waals surface area (Å²) in [6.45, 7) is 6.71. The van der Waals surface area contributed by atoms with E-state index in [1.807, 2.05) is 6.07 Å². The molecule has 0 aliphatic carbocycles. The van der Waals surface area contributed by atoms with Crippen molar-refractivity contribution in [3.8, 4) is 27.3 Å². The van der Waals surface area contributed by atoms with E-state index in [1.54, 1.807) is 18.4 Å². The van der Waals surface area contributed by atoms with Crippen LogP contribution in [0.15, 0.2) is 60.0 Å². The van der Waals surface area contributed by atoms with Crippen molar-refractivity contribution in [3.63, 3.8) is 0 Å². The van der Waals surface area contributed by atoms with Gasteiger partial charge in [-0.15, -0.1) is 11.3 Å². The first-order valence-corrected chi connectivity index (χ1v) is 8.70. The highest BCUT2D eigenvalue weighted by Gasteiger charge is 2.17. The summed E-state index contributed by atoms with van der Waals surface area (Å²) in [4.78, 5) is 1.19. The molecule has 1 heterocycles. The molecule has 1 nitrogen and oxygen atoms in total. The molecule has 0 radical (unpaired) electrons. The van der Waals surface area contributed by atoms with Gasteiger partial charge in [0.2, 0.25) is 0 Å². The Morgan fingerprint density at radius 2 is 1.48 bits per heavy atom. The number of methoxy groups -OCH3 is 1. The van der Waals surface area contributed by atoms with Gasteiger partial charge in [-0.3, -0.25) is 0 Å². The molecule has 23 heavy (non-hydrogen) atoms. The quantitative estimate of drug-likeness (QED) is 0.543. The minimum absolute atomic E-state index is 0.174. The Labute approximate surface area is 142 Å². The topological polar surface area (TPSA) is 9.23 Å². The third-order valence-corrected chi connectivity index (χ3v) is 5.06. The van der Waals surface area contributed by atoms with Crippen molar-refractivity contribution in [2.24, 2.45) is 0 Å². The minimum atomic E-state index is 0.174. The van der Waals surface area contributed by atoms with Crippen molar-refractivity contribution in [1.29, 1.82) is 0 Å². The molecule has 0 fully saturated rings. The number of hydrogen-bond acceptors (Lipinski definition) is 2. The van der Waals surface area contributed by atoms with Gasteiger partial charge in [0.15, 0.2) is 0 Å². The van der Waals surface area contributed by atoms with E-state index in [9.17, 15) is 0 Å². The molecule has 0 spiro atoms. The number of ether oxygens (including phenoxy) is 1. The molecule has 0 N–H and O–H groups in total. The smallest absolute Gasteiger partial charge is 0.145 e. The predicted molar refractivity (Wildman–Crippen MR) is 100 cm³/mol.